The number of aryl methyl sites for hydroxylation is 1. The molecule has 0 aromatic heterocycles. The predicted octanol–water partition coefficient (Wildman–Crippen LogP) is 5.84. The molecule has 0 aliphatic carbocycles. The fraction of sp³-hybridized carbons (Fsp3) is 0.333. The minimum absolute atomic E-state index is 0.0292. The van der Waals surface area contributed by atoms with Crippen LogP contribution >= 0.6 is 23.2 Å². The van der Waals surface area contributed by atoms with Crippen LogP contribution in [0.3, 0.4) is 0 Å². The van der Waals surface area contributed by atoms with Crippen molar-refractivity contribution >= 4 is 50.7 Å². The predicted molar refractivity (Wildman–Crippen MR) is 163 cm³/mol. The molecule has 0 aliphatic rings. The summed E-state index contributed by atoms with van der Waals surface area (Å²) in [7, 11) is -2.67. The summed E-state index contributed by atoms with van der Waals surface area (Å²) in [4.78, 5) is 28.5. The third kappa shape index (κ3) is 8.15. The van der Waals surface area contributed by atoms with Gasteiger partial charge in [-0.2, -0.15) is 0 Å². The molecule has 0 saturated heterocycles. The lowest BCUT2D eigenvalue weighted by Gasteiger charge is -2.32. The van der Waals surface area contributed by atoms with Gasteiger partial charge in [0.25, 0.3) is 10.0 Å². The van der Waals surface area contributed by atoms with E-state index in [1.54, 1.807) is 61.5 Å². The molecule has 0 saturated carbocycles. The Kier molecular flexibility index (Phi) is 11.1. The highest BCUT2D eigenvalue weighted by Gasteiger charge is 2.33. The molecule has 0 heterocycles. The van der Waals surface area contributed by atoms with E-state index in [0.29, 0.717) is 27.8 Å². The third-order valence-electron chi connectivity index (χ3n) is 6.77. The normalized spacial score (nSPS) is 12.8. The number of methoxy groups -OCH3 is 1. The van der Waals surface area contributed by atoms with E-state index < -0.39 is 28.5 Å². The zero-order chi connectivity index (χ0) is 30.3. The zero-order valence-corrected chi connectivity index (χ0v) is 26.1. The molecule has 2 amide bonds. The maximum atomic E-state index is 14.0. The Morgan fingerprint density at radius 3 is 2.17 bits per heavy atom. The van der Waals surface area contributed by atoms with Gasteiger partial charge in [-0.15, -0.1) is 0 Å². The van der Waals surface area contributed by atoms with Crippen molar-refractivity contribution in [3.05, 3.63) is 87.9 Å². The number of nitrogens with zero attached hydrogens (tertiary/aromatic N) is 2. The van der Waals surface area contributed by atoms with Gasteiger partial charge < -0.3 is 15.0 Å². The van der Waals surface area contributed by atoms with Crippen molar-refractivity contribution in [2.45, 2.75) is 57.6 Å². The number of halogens is 2. The molecule has 1 N–H and O–H groups in total. The first-order chi connectivity index (χ1) is 19.4. The number of ether oxygens (including phenoxy) is 1. The summed E-state index contributed by atoms with van der Waals surface area (Å²) >= 11 is 12.5. The highest BCUT2D eigenvalue weighted by atomic mass is 35.5. The SMILES string of the molecule is CC[C@@H](C)NC(=O)[C@H](C)N(Cc1ccc(Cl)cc1Cl)C(=O)CN(c1ccc(OC)cc1)S(=O)(=O)c1ccc(C)cc1. The maximum absolute atomic E-state index is 14.0. The summed E-state index contributed by atoms with van der Waals surface area (Å²) in [6.45, 7) is 6.67. The van der Waals surface area contributed by atoms with Crippen LogP contribution in [0.4, 0.5) is 5.69 Å². The molecule has 11 heteroatoms. The molecule has 41 heavy (non-hydrogen) atoms. The minimum atomic E-state index is -4.17. The lowest BCUT2D eigenvalue weighted by atomic mass is 10.1. The van der Waals surface area contributed by atoms with Crippen LogP contribution in [-0.4, -0.2) is 50.9 Å². The highest BCUT2D eigenvalue weighted by Crippen LogP contribution is 2.28. The Labute approximate surface area is 252 Å². The second-order valence-corrected chi connectivity index (χ2v) is 12.5. The molecule has 0 aliphatic heterocycles. The first kappa shape index (κ1) is 32.2. The summed E-state index contributed by atoms with van der Waals surface area (Å²) in [5.74, 6) is -0.424. The lowest BCUT2D eigenvalue weighted by molar-refractivity contribution is -0.139. The first-order valence-electron chi connectivity index (χ1n) is 13.1. The van der Waals surface area contributed by atoms with Crippen molar-refractivity contribution in [3.8, 4) is 5.75 Å². The molecule has 0 spiro atoms. The lowest BCUT2D eigenvalue weighted by Crippen LogP contribution is -2.52. The second-order valence-electron chi connectivity index (χ2n) is 9.77. The van der Waals surface area contributed by atoms with E-state index in [0.717, 1.165) is 9.87 Å². The van der Waals surface area contributed by atoms with Gasteiger partial charge in [0.2, 0.25) is 11.8 Å². The summed E-state index contributed by atoms with van der Waals surface area (Å²) in [5.41, 5.74) is 1.72. The fourth-order valence-electron chi connectivity index (χ4n) is 4.00. The topological polar surface area (TPSA) is 96.0 Å². The van der Waals surface area contributed by atoms with E-state index in [1.807, 2.05) is 20.8 Å². The Balaban J connectivity index is 2.05. The van der Waals surface area contributed by atoms with Crippen molar-refractivity contribution in [1.82, 2.24) is 10.2 Å². The number of nitrogens with one attached hydrogen (secondary N) is 1. The number of benzene rings is 3. The minimum Gasteiger partial charge on any atom is -0.497 e. The largest absolute Gasteiger partial charge is 0.497 e. The molecule has 2 atom stereocenters. The van der Waals surface area contributed by atoms with Gasteiger partial charge in [0.15, 0.2) is 0 Å². The molecule has 0 radical (unpaired) electrons. The van der Waals surface area contributed by atoms with Crippen molar-refractivity contribution in [2.24, 2.45) is 0 Å². The first-order valence-corrected chi connectivity index (χ1v) is 15.3. The Bertz CT molecular complexity index is 1460. The van der Waals surface area contributed by atoms with Gasteiger partial charge in [0.1, 0.15) is 18.3 Å². The number of amides is 2. The van der Waals surface area contributed by atoms with E-state index >= 15 is 0 Å². The quantitative estimate of drug-likeness (QED) is 0.275. The highest BCUT2D eigenvalue weighted by molar-refractivity contribution is 7.92. The van der Waals surface area contributed by atoms with Crippen molar-refractivity contribution < 1.29 is 22.7 Å². The van der Waals surface area contributed by atoms with Crippen LogP contribution in [0.25, 0.3) is 0 Å². The summed E-state index contributed by atoms with van der Waals surface area (Å²) in [5, 5.41) is 3.65. The fourth-order valence-corrected chi connectivity index (χ4v) is 5.88. The van der Waals surface area contributed by atoms with Gasteiger partial charge in [-0.1, -0.05) is 53.9 Å². The zero-order valence-electron chi connectivity index (χ0n) is 23.7. The van der Waals surface area contributed by atoms with Crippen LogP contribution in [0.1, 0.15) is 38.3 Å². The molecular weight excluding hydrogens is 585 g/mol. The van der Waals surface area contributed by atoms with Gasteiger partial charge in [-0.05, 0) is 81.3 Å². The van der Waals surface area contributed by atoms with Crippen molar-refractivity contribution in [1.29, 1.82) is 0 Å². The monoisotopic (exact) mass is 619 g/mol. The Morgan fingerprint density at radius 1 is 0.976 bits per heavy atom. The van der Waals surface area contributed by atoms with Gasteiger partial charge >= 0.3 is 0 Å². The molecule has 3 aromatic carbocycles. The molecule has 0 unspecified atom stereocenters. The number of hydrogen-bond acceptors (Lipinski definition) is 5. The van der Waals surface area contributed by atoms with Crippen LogP contribution in [-0.2, 0) is 26.2 Å². The second kappa shape index (κ2) is 14.1. The van der Waals surface area contributed by atoms with E-state index in [1.165, 1.54) is 24.1 Å². The Hall–Kier alpha value is -3.27. The van der Waals surface area contributed by atoms with E-state index in [4.69, 9.17) is 27.9 Å². The number of rotatable bonds is 12. The van der Waals surface area contributed by atoms with Crippen LogP contribution in [0.5, 0.6) is 5.75 Å². The van der Waals surface area contributed by atoms with Gasteiger partial charge in [0.05, 0.1) is 17.7 Å². The molecule has 3 aromatic rings. The number of anilines is 1. The molecule has 3 rings (SSSR count). The average molecular weight is 621 g/mol. The van der Waals surface area contributed by atoms with Crippen LogP contribution < -0.4 is 14.4 Å². The molecule has 220 valence electrons. The summed E-state index contributed by atoms with van der Waals surface area (Å²) < 4.78 is 34.1. The van der Waals surface area contributed by atoms with Gasteiger partial charge in [-0.3, -0.25) is 13.9 Å². The standard InChI is InChI=1S/C30H35Cl2N3O5S/c1-6-21(3)33-30(37)22(4)34(18-23-9-10-24(31)17-28(23)32)29(36)19-35(25-11-13-26(40-5)14-12-25)41(38,39)27-15-7-20(2)8-16-27/h7-17,21-22H,6,18-19H2,1-5H3,(H,33,37)/t21-,22+/m1/s1. The van der Waals surface area contributed by atoms with Crippen molar-refractivity contribution in [2.75, 3.05) is 18.0 Å². The Morgan fingerprint density at radius 2 is 1.61 bits per heavy atom. The molecule has 0 bridgehead atoms. The average Bonchev–Trinajstić information content (AvgIpc) is 2.95. The van der Waals surface area contributed by atoms with E-state index in [2.05, 4.69) is 5.32 Å². The van der Waals surface area contributed by atoms with Crippen LogP contribution in [0.2, 0.25) is 10.0 Å². The van der Waals surface area contributed by atoms with Crippen LogP contribution in [0.15, 0.2) is 71.6 Å². The maximum Gasteiger partial charge on any atom is 0.264 e. The number of carbonyl (C=O) groups is 2. The number of hydrogen-bond donors (Lipinski definition) is 1. The number of carbonyl (C=O) groups excluding carboxylic acids is 2. The molecule has 8 nitrogen and oxygen atoms in total. The van der Waals surface area contributed by atoms with Gasteiger partial charge in [0, 0.05) is 22.6 Å². The smallest absolute Gasteiger partial charge is 0.264 e. The van der Waals surface area contributed by atoms with Gasteiger partial charge in [-0.25, -0.2) is 8.42 Å². The summed E-state index contributed by atoms with van der Waals surface area (Å²) in [6.07, 6.45) is 0.704. The van der Waals surface area contributed by atoms with Crippen LogP contribution in [0, 0.1) is 6.92 Å². The van der Waals surface area contributed by atoms with E-state index in [-0.39, 0.29) is 29.1 Å². The molecule has 0 fully saturated rings. The van der Waals surface area contributed by atoms with E-state index in [9.17, 15) is 18.0 Å². The molecular formula is C30H35Cl2N3O5S. The number of sulfonamides is 1. The third-order valence-corrected chi connectivity index (χ3v) is 9.15. The van der Waals surface area contributed by atoms with Crippen molar-refractivity contribution in [3.63, 3.8) is 0 Å². The summed E-state index contributed by atoms with van der Waals surface area (Å²) in [6, 6.07) is 16.6.